The summed E-state index contributed by atoms with van der Waals surface area (Å²) in [6.07, 6.45) is -0.728. The van der Waals surface area contributed by atoms with Crippen LogP contribution in [0.25, 0.3) is 0 Å². The molecule has 0 spiro atoms. The molecule has 1 aromatic carbocycles. The topological polar surface area (TPSA) is 60.3 Å². The third-order valence-electron chi connectivity index (χ3n) is 4.67. The summed E-state index contributed by atoms with van der Waals surface area (Å²) in [6, 6.07) is 10.0. The third kappa shape index (κ3) is 6.99. The third-order valence-corrected chi connectivity index (χ3v) is 5.54. The predicted molar refractivity (Wildman–Crippen MR) is 115 cm³/mol. The average molecular weight is 421 g/mol. The Labute approximate surface area is 175 Å². The standard InChI is InChI=1S/C21H29FN4O2S/c1-2-23-21(24-14-18(27)16-28-19-7-5-17(22)6-8-19)26-11-9-25(10-12-26)15-20-4-3-13-29-20/h3-8,13,18,27H,2,9-12,14-16H2,1H3,(H,23,24). The van der Waals surface area contributed by atoms with Crippen LogP contribution in [0.4, 0.5) is 4.39 Å². The molecule has 1 aliphatic rings. The Morgan fingerprint density at radius 2 is 2.00 bits per heavy atom. The zero-order valence-corrected chi connectivity index (χ0v) is 17.6. The zero-order chi connectivity index (χ0) is 20.5. The molecule has 29 heavy (non-hydrogen) atoms. The first-order chi connectivity index (χ1) is 14.1. The van der Waals surface area contributed by atoms with E-state index in [4.69, 9.17) is 4.74 Å². The number of nitrogens with zero attached hydrogens (tertiary/aromatic N) is 3. The summed E-state index contributed by atoms with van der Waals surface area (Å²) in [7, 11) is 0. The van der Waals surface area contributed by atoms with Crippen LogP contribution < -0.4 is 10.1 Å². The lowest BCUT2D eigenvalue weighted by Gasteiger charge is -2.36. The highest BCUT2D eigenvalue weighted by molar-refractivity contribution is 7.09. The maximum atomic E-state index is 12.9. The van der Waals surface area contributed by atoms with Gasteiger partial charge in [-0.1, -0.05) is 6.07 Å². The van der Waals surface area contributed by atoms with Crippen LogP contribution in [0, 0.1) is 5.82 Å². The van der Waals surface area contributed by atoms with Crippen molar-refractivity contribution in [1.29, 1.82) is 0 Å². The van der Waals surface area contributed by atoms with Gasteiger partial charge in [0.2, 0.25) is 0 Å². The van der Waals surface area contributed by atoms with Gasteiger partial charge in [0, 0.05) is 44.1 Å². The average Bonchev–Trinajstić information content (AvgIpc) is 3.24. The van der Waals surface area contributed by atoms with E-state index in [1.165, 1.54) is 17.0 Å². The molecule has 1 unspecified atom stereocenters. The van der Waals surface area contributed by atoms with E-state index in [1.807, 2.05) is 6.92 Å². The van der Waals surface area contributed by atoms with E-state index >= 15 is 0 Å². The van der Waals surface area contributed by atoms with Crippen molar-refractivity contribution in [3.8, 4) is 5.75 Å². The van der Waals surface area contributed by atoms with E-state index in [-0.39, 0.29) is 19.0 Å². The van der Waals surface area contributed by atoms with Gasteiger partial charge in [0.1, 0.15) is 24.3 Å². The summed E-state index contributed by atoms with van der Waals surface area (Å²) in [6.45, 7) is 7.95. The SMILES string of the molecule is CCNC(=NCC(O)COc1ccc(F)cc1)N1CCN(Cc2cccs2)CC1. The minimum atomic E-state index is -0.728. The van der Waals surface area contributed by atoms with Crippen LogP contribution in [0.5, 0.6) is 5.75 Å². The molecule has 1 atom stereocenters. The van der Waals surface area contributed by atoms with Crippen LogP contribution in [0.3, 0.4) is 0 Å². The fourth-order valence-electron chi connectivity index (χ4n) is 3.13. The minimum absolute atomic E-state index is 0.114. The molecule has 1 fully saturated rings. The van der Waals surface area contributed by atoms with Gasteiger partial charge >= 0.3 is 0 Å². The van der Waals surface area contributed by atoms with E-state index in [9.17, 15) is 9.50 Å². The van der Waals surface area contributed by atoms with Crippen molar-refractivity contribution in [2.45, 2.75) is 19.6 Å². The van der Waals surface area contributed by atoms with Gasteiger partial charge < -0.3 is 20.1 Å². The highest BCUT2D eigenvalue weighted by atomic mass is 32.1. The van der Waals surface area contributed by atoms with Crippen LogP contribution >= 0.6 is 11.3 Å². The first-order valence-electron chi connectivity index (χ1n) is 9.98. The van der Waals surface area contributed by atoms with Gasteiger partial charge in [-0.2, -0.15) is 0 Å². The second-order valence-electron chi connectivity index (χ2n) is 6.96. The fourth-order valence-corrected chi connectivity index (χ4v) is 3.88. The Kier molecular flexibility index (Phi) is 8.27. The molecule has 2 N–H and O–H groups in total. The minimum Gasteiger partial charge on any atom is -0.491 e. The molecule has 2 aromatic rings. The molecule has 0 bridgehead atoms. The van der Waals surface area contributed by atoms with E-state index in [1.54, 1.807) is 23.5 Å². The summed E-state index contributed by atoms with van der Waals surface area (Å²) in [5, 5.41) is 15.6. The predicted octanol–water partition coefficient (Wildman–Crippen LogP) is 2.41. The van der Waals surface area contributed by atoms with E-state index in [2.05, 4.69) is 37.6 Å². The number of hydrogen-bond acceptors (Lipinski definition) is 5. The Morgan fingerprint density at radius 3 is 2.66 bits per heavy atom. The summed E-state index contributed by atoms with van der Waals surface area (Å²) in [5.74, 6) is 1.04. The van der Waals surface area contributed by atoms with Crippen molar-refractivity contribution in [2.24, 2.45) is 4.99 Å². The maximum Gasteiger partial charge on any atom is 0.194 e. The van der Waals surface area contributed by atoms with Gasteiger partial charge in [0.15, 0.2) is 5.96 Å². The molecule has 0 aliphatic carbocycles. The quantitative estimate of drug-likeness (QED) is 0.507. The van der Waals surface area contributed by atoms with Gasteiger partial charge in [-0.15, -0.1) is 11.3 Å². The van der Waals surface area contributed by atoms with Crippen molar-refractivity contribution < 1.29 is 14.2 Å². The highest BCUT2D eigenvalue weighted by Gasteiger charge is 2.20. The molecule has 1 aromatic heterocycles. The number of thiophene rings is 1. The lowest BCUT2D eigenvalue weighted by molar-refractivity contribution is 0.113. The molecular weight excluding hydrogens is 391 g/mol. The molecule has 0 radical (unpaired) electrons. The Morgan fingerprint density at radius 1 is 1.24 bits per heavy atom. The Hall–Kier alpha value is -2.16. The Bertz CT molecular complexity index is 747. The van der Waals surface area contributed by atoms with Crippen LogP contribution in [0.2, 0.25) is 0 Å². The zero-order valence-electron chi connectivity index (χ0n) is 16.8. The van der Waals surface area contributed by atoms with Crippen LogP contribution in [-0.2, 0) is 6.54 Å². The molecule has 8 heteroatoms. The highest BCUT2D eigenvalue weighted by Crippen LogP contribution is 2.14. The number of aliphatic hydroxyl groups excluding tert-OH is 1. The van der Waals surface area contributed by atoms with Crippen molar-refractivity contribution in [3.63, 3.8) is 0 Å². The van der Waals surface area contributed by atoms with Crippen LogP contribution in [0.1, 0.15) is 11.8 Å². The summed E-state index contributed by atoms with van der Waals surface area (Å²) in [4.78, 5) is 10.7. The summed E-state index contributed by atoms with van der Waals surface area (Å²) < 4.78 is 18.4. The van der Waals surface area contributed by atoms with E-state index in [0.717, 1.165) is 45.2 Å². The van der Waals surface area contributed by atoms with E-state index in [0.29, 0.717) is 5.75 Å². The molecule has 6 nitrogen and oxygen atoms in total. The smallest absolute Gasteiger partial charge is 0.194 e. The Balaban J connectivity index is 1.45. The number of ether oxygens (including phenoxy) is 1. The monoisotopic (exact) mass is 420 g/mol. The number of aliphatic hydroxyl groups is 1. The number of aliphatic imine (C=N–C) groups is 1. The van der Waals surface area contributed by atoms with Gasteiger partial charge in [0.05, 0.1) is 6.54 Å². The first-order valence-corrected chi connectivity index (χ1v) is 10.9. The number of halogens is 1. The molecule has 158 valence electrons. The number of guanidine groups is 1. The van der Waals surface area contributed by atoms with Gasteiger partial charge in [-0.05, 0) is 42.6 Å². The van der Waals surface area contributed by atoms with Crippen LogP contribution in [0.15, 0.2) is 46.8 Å². The molecule has 0 amide bonds. The second kappa shape index (κ2) is 11.1. The molecule has 2 heterocycles. The lowest BCUT2D eigenvalue weighted by atomic mass is 10.3. The molecule has 3 rings (SSSR count). The normalized spacial score (nSPS) is 16.7. The number of piperazine rings is 1. The number of rotatable bonds is 8. The van der Waals surface area contributed by atoms with Crippen molar-refractivity contribution >= 4 is 17.3 Å². The van der Waals surface area contributed by atoms with Crippen LogP contribution in [-0.4, -0.2) is 72.8 Å². The lowest BCUT2D eigenvalue weighted by Crippen LogP contribution is -2.52. The second-order valence-corrected chi connectivity index (χ2v) is 7.99. The first kappa shape index (κ1) is 21.5. The maximum absolute atomic E-state index is 12.9. The molecule has 1 aliphatic heterocycles. The van der Waals surface area contributed by atoms with Gasteiger partial charge in [-0.25, -0.2) is 4.39 Å². The molecule has 1 saturated heterocycles. The fraction of sp³-hybridized carbons (Fsp3) is 0.476. The van der Waals surface area contributed by atoms with E-state index < -0.39 is 6.10 Å². The number of benzene rings is 1. The van der Waals surface area contributed by atoms with Crippen molar-refractivity contribution in [2.75, 3.05) is 45.9 Å². The van der Waals surface area contributed by atoms with Gasteiger partial charge in [0.25, 0.3) is 0 Å². The number of nitrogens with one attached hydrogen (secondary N) is 1. The van der Waals surface area contributed by atoms with Crippen molar-refractivity contribution in [1.82, 2.24) is 15.1 Å². The van der Waals surface area contributed by atoms with Crippen molar-refractivity contribution in [3.05, 3.63) is 52.5 Å². The summed E-state index contributed by atoms with van der Waals surface area (Å²) >= 11 is 1.80. The van der Waals surface area contributed by atoms with Gasteiger partial charge in [-0.3, -0.25) is 9.89 Å². The molecule has 0 saturated carbocycles. The number of hydrogen-bond donors (Lipinski definition) is 2. The summed E-state index contributed by atoms with van der Waals surface area (Å²) in [5.41, 5.74) is 0. The molecular formula is C21H29FN4O2S. The largest absolute Gasteiger partial charge is 0.491 e.